The second-order valence-corrected chi connectivity index (χ2v) is 4.40. The van der Waals surface area contributed by atoms with Crippen molar-refractivity contribution in [3.63, 3.8) is 0 Å². The highest BCUT2D eigenvalue weighted by atomic mass is 16.5. The van der Waals surface area contributed by atoms with Crippen molar-refractivity contribution in [3.8, 4) is 0 Å². The third-order valence-electron chi connectivity index (χ3n) is 3.27. The van der Waals surface area contributed by atoms with E-state index in [-0.39, 0.29) is 30.8 Å². The van der Waals surface area contributed by atoms with Crippen LogP contribution in [0.1, 0.15) is 13.8 Å². The molecule has 0 aromatic rings. The predicted molar refractivity (Wildman–Crippen MR) is 59.4 cm³/mol. The highest BCUT2D eigenvalue weighted by molar-refractivity contribution is 6.60. The molecule has 0 saturated carbocycles. The molecule has 5 heteroatoms. The van der Waals surface area contributed by atoms with Gasteiger partial charge in [0.1, 0.15) is 0 Å². The summed E-state index contributed by atoms with van der Waals surface area (Å²) in [5, 5.41) is 0. The van der Waals surface area contributed by atoms with Crippen molar-refractivity contribution in [2.24, 2.45) is 11.1 Å². The molecule has 1 saturated heterocycles. The number of hydrogen-bond donors (Lipinski definition) is 1. The molecule has 1 aliphatic heterocycles. The lowest BCUT2D eigenvalue weighted by molar-refractivity contribution is -0.142. The van der Waals surface area contributed by atoms with Gasteiger partial charge in [-0.3, -0.25) is 4.79 Å². The highest BCUT2D eigenvalue weighted by Crippen LogP contribution is 2.50. The molecule has 2 N–H and O–H groups in total. The second kappa shape index (κ2) is 4.37. The molecular weight excluding hydrogens is 193 g/mol. The maximum atomic E-state index is 11.7. The molecular formula is C10H18BNO3. The standard InChI is InChI=1S/C10H18BNO3/c1-7-5-11(15-6-12)8(9(13)14-4)10(7,2)3/h8H,1,5-6,12H2,2-4H3. The Kier molecular flexibility index (Phi) is 3.57. The Hall–Kier alpha value is -0.805. The van der Waals surface area contributed by atoms with E-state index in [1.54, 1.807) is 0 Å². The van der Waals surface area contributed by atoms with E-state index in [2.05, 4.69) is 6.58 Å². The first-order chi connectivity index (χ1) is 6.95. The predicted octanol–water partition coefficient (Wildman–Crippen LogP) is 1.05. The molecule has 1 heterocycles. The summed E-state index contributed by atoms with van der Waals surface area (Å²) in [5.74, 6) is -0.560. The summed E-state index contributed by atoms with van der Waals surface area (Å²) in [5.41, 5.74) is 6.07. The Balaban J connectivity index is 2.93. The number of carbonyl (C=O) groups excluding carboxylic acids is 1. The Morgan fingerprint density at radius 1 is 1.73 bits per heavy atom. The van der Waals surface area contributed by atoms with Gasteiger partial charge in [-0.15, -0.1) is 0 Å². The van der Waals surface area contributed by atoms with Crippen LogP contribution in [0.25, 0.3) is 0 Å². The van der Waals surface area contributed by atoms with Gasteiger partial charge in [-0.1, -0.05) is 26.0 Å². The molecule has 84 valence electrons. The van der Waals surface area contributed by atoms with E-state index in [0.29, 0.717) is 6.32 Å². The lowest BCUT2D eigenvalue weighted by Gasteiger charge is -2.27. The third kappa shape index (κ3) is 2.08. The van der Waals surface area contributed by atoms with Crippen LogP contribution in [0, 0.1) is 5.41 Å². The van der Waals surface area contributed by atoms with E-state index in [1.807, 2.05) is 13.8 Å². The van der Waals surface area contributed by atoms with Gasteiger partial charge < -0.3 is 15.1 Å². The van der Waals surface area contributed by atoms with Crippen molar-refractivity contribution < 1.29 is 14.2 Å². The molecule has 1 aliphatic rings. The van der Waals surface area contributed by atoms with Crippen LogP contribution in [0.2, 0.25) is 12.1 Å². The zero-order valence-electron chi connectivity index (χ0n) is 9.58. The zero-order valence-corrected chi connectivity index (χ0v) is 9.58. The number of carbonyl (C=O) groups is 1. The first-order valence-corrected chi connectivity index (χ1v) is 5.03. The van der Waals surface area contributed by atoms with E-state index in [0.717, 1.165) is 5.57 Å². The Bertz CT molecular complexity index is 278. The smallest absolute Gasteiger partial charge is 0.314 e. The first-order valence-electron chi connectivity index (χ1n) is 5.03. The fraction of sp³-hybridized carbons (Fsp3) is 0.700. The molecule has 0 aromatic heterocycles. The van der Waals surface area contributed by atoms with Crippen LogP contribution in [-0.2, 0) is 14.2 Å². The average Bonchev–Trinajstić information content (AvgIpc) is 2.38. The molecule has 0 radical (unpaired) electrons. The number of hydrogen-bond acceptors (Lipinski definition) is 4. The van der Waals surface area contributed by atoms with Gasteiger partial charge in [-0.05, 0) is 11.7 Å². The molecule has 1 rings (SSSR count). The summed E-state index contributed by atoms with van der Waals surface area (Å²) < 4.78 is 10.2. The topological polar surface area (TPSA) is 61.5 Å². The van der Waals surface area contributed by atoms with Crippen molar-refractivity contribution in [2.45, 2.75) is 26.0 Å². The van der Waals surface area contributed by atoms with E-state index < -0.39 is 0 Å². The molecule has 0 amide bonds. The SMILES string of the molecule is C=C1CB(OCN)C(C(=O)OC)C1(C)C. The number of allylic oxidation sites excluding steroid dienone is 1. The van der Waals surface area contributed by atoms with E-state index in [9.17, 15) is 4.79 Å². The average molecular weight is 211 g/mol. The summed E-state index contributed by atoms with van der Waals surface area (Å²) in [4.78, 5) is 11.7. The fourth-order valence-corrected chi connectivity index (χ4v) is 2.16. The number of rotatable bonds is 3. The van der Waals surface area contributed by atoms with Gasteiger partial charge in [0.25, 0.3) is 0 Å². The van der Waals surface area contributed by atoms with Crippen molar-refractivity contribution >= 4 is 12.9 Å². The normalized spacial score (nSPS) is 24.4. The summed E-state index contributed by atoms with van der Waals surface area (Å²) in [7, 11) is 1.39. The molecule has 0 aliphatic carbocycles. The Labute approximate surface area is 90.9 Å². The summed E-state index contributed by atoms with van der Waals surface area (Å²) >= 11 is 0. The van der Waals surface area contributed by atoms with Crippen LogP contribution in [0.3, 0.4) is 0 Å². The lowest BCUT2D eigenvalue weighted by Crippen LogP contribution is -2.34. The molecule has 1 fully saturated rings. The quantitative estimate of drug-likeness (QED) is 0.328. The van der Waals surface area contributed by atoms with Crippen molar-refractivity contribution in [1.82, 2.24) is 0 Å². The summed E-state index contributed by atoms with van der Waals surface area (Å²) in [6.45, 7) is 7.85. The fourth-order valence-electron chi connectivity index (χ4n) is 2.16. The van der Waals surface area contributed by atoms with Gasteiger partial charge in [0.2, 0.25) is 0 Å². The van der Waals surface area contributed by atoms with Gasteiger partial charge in [0, 0.05) is 0 Å². The zero-order chi connectivity index (χ0) is 11.6. The van der Waals surface area contributed by atoms with Gasteiger partial charge in [-0.25, -0.2) is 0 Å². The number of nitrogens with two attached hydrogens (primary N) is 1. The van der Waals surface area contributed by atoms with Crippen LogP contribution < -0.4 is 5.73 Å². The molecule has 1 atom stereocenters. The van der Waals surface area contributed by atoms with Gasteiger partial charge in [-0.2, -0.15) is 0 Å². The Morgan fingerprint density at radius 2 is 2.33 bits per heavy atom. The summed E-state index contributed by atoms with van der Waals surface area (Å²) in [6, 6.07) is 0. The van der Waals surface area contributed by atoms with E-state index in [4.69, 9.17) is 15.1 Å². The molecule has 15 heavy (non-hydrogen) atoms. The maximum absolute atomic E-state index is 11.7. The van der Waals surface area contributed by atoms with Crippen LogP contribution in [0.15, 0.2) is 12.2 Å². The molecule has 1 unspecified atom stereocenters. The van der Waals surface area contributed by atoms with Crippen molar-refractivity contribution in [2.75, 3.05) is 13.8 Å². The van der Waals surface area contributed by atoms with E-state index >= 15 is 0 Å². The minimum absolute atomic E-state index is 0.113. The van der Waals surface area contributed by atoms with Crippen LogP contribution >= 0.6 is 0 Å². The van der Waals surface area contributed by atoms with Crippen molar-refractivity contribution in [3.05, 3.63) is 12.2 Å². The van der Waals surface area contributed by atoms with Gasteiger partial charge in [0.05, 0.1) is 19.7 Å². The molecule has 0 aromatic carbocycles. The lowest BCUT2D eigenvalue weighted by atomic mass is 9.54. The second-order valence-electron chi connectivity index (χ2n) is 4.40. The summed E-state index contributed by atoms with van der Waals surface area (Å²) in [6.07, 6.45) is 0.671. The minimum Gasteiger partial charge on any atom is -0.469 e. The molecule has 0 bridgehead atoms. The van der Waals surface area contributed by atoms with Crippen LogP contribution in [-0.4, -0.2) is 26.7 Å². The first kappa shape index (κ1) is 12.3. The number of esters is 1. The van der Waals surface area contributed by atoms with Crippen molar-refractivity contribution in [1.29, 1.82) is 0 Å². The number of ether oxygens (including phenoxy) is 1. The number of methoxy groups -OCH3 is 1. The monoisotopic (exact) mass is 211 g/mol. The highest BCUT2D eigenvalue weighted by Gasteiger charge is 2.52. The third-order valence-corrected chi connectivity index (χ3v) is 3.27. The Morgan fingerprint density at radius 3 is 2.80 bits per heavy atom. The van der Waals surface area contributed by atoms with Crippen LogP contribution in [0.5, 0.6) is 0 Å². The van der Waals surface area contributed by atoms with Gasteiger partial charge >= 0.3 is 12.9 Å². The van der Waals surface area contributed by atoms with Gasteiger partial charge in [0.15, 0.2) is 0 Å². The van der Waals surface area contributed by atoms with Crippen LogP contribution in [0.4, 0.5) is 0 Å². The maximum Gasteiger partial charge on any atom is 0.314 e. The molecule has 0 spiro atoms. The van der Waals surface area contributed by atoms with E-state index in [1.165, 1.54) is 7.11 Å². The minimum atomic E-state index is -0.307. The largest absolute Gasteiger partial charge is 0.469 e. The molecule has 4 nitrogen and oxygen atoms in total.